The lowest BCUT2D eigenvalue weighted by Crippen LogP contribution is -1.96. The molecule has 0 bridgehead atoms. The molecule has 1 aromatic heterocycles. The Morgan fingerprint density at radius 3 is 2.74 bits per heavy atom. The first-order valence-corrected chi connectivity index (χ1v) is 7.65. The van der Waals surface area contributed by atoms with E-state index in [4.69, 9.17) is 5.73 Å². The van der Waals surface area contributed by atoms with Crippen LogP contribution in [-0.4, -0.2) is 4.98 Å². The van der Waals surface area contributed by atoms with Crippen LogP contribution in [0.15, 0.2) is 35.8 Å². The molecule has 0 saturated carbocycles. The van der Waals surface area contributed by atoms with Crippen molar-refractivity contribution < 1.29 is 4.39 Å². The second-order valence-corrected chi connectivity index (χ2v) is 6.21. The molecule has 3 aromatic rings. The van der Waals surface area contributed by atoms with Gasteiger partial charge in [0.2, 0.25) is 0 Å². The van der Waals surface area contributed by atoms with Crippen molar-refractivity contribution in [3.8, 4) is 0 Å². The van der Waals surface area contributed by atoms with E-state index >= 15 is 0 Å². The quantitative estimate of drug-likeness (QED) is 0.531. The molecule has 0 aliphatic heterocycles. The predicted molar refractivity (Wildman–Crippen MR) is 86.0 cm³/mol. The van der Waals surface area contributed by atoms with Crippen LogP contribution < -0.4 is 5.73 Å². The molecule has 3 rings (SSSR count). The third kappa shape index (κ3) is 2.44. The molecular formula is C14H10FIN2S. The first-order chi connectivity index (χ1) is 9.15. The molecule has 1 heterocycles. The highest BCUT2D eigenvalue weighted by Crippen LogP contribution is 2.32. The second-order valence-electron chi connectivity index (χ2n) is 4.27. The average Bonchev–Trinajstić information content (AvgIpc) is 2.88. The number of hydrogen-bond acceptors (Lipinski definition) is 3. The van der Waals surface area contributed by atoms with Crippen molar-refractivity contribution >= 4 is 49.8 Å². The van der Waals surface area contributed by atoms with Gasteiger partial charge in [-0.3, -0.25) is 0 Å². The first kappa shape index (κ1) is 12.8. The Kier molecular flexibility index (Phi) is 3.40. The minimum Gasteiger partial charge on any atom is -0.398 e. The van der Waals surface area contributed by atoms with Gasteiger partial charge in [-0.15, -0.1) is 11.3 Å². The molecule has 0 aliphatic rings. The fourth-order valence-corrected chi connectivity index (χ4v) is 3.61. The maximum Gasteiger partial charge on any atom is 0.123 e. The van der Waals surface area contributed by atoms with Crippen molar-refractivity contribution in [3.05, 3.63) is 56.4 Å². The summed E-state index contributed by atoms with van der Waals surface area (Å²) in [7, 11) is 0. The average molecular weight is 384 g/mol. The van der Waals surface area contributed by atoms with Gasteiger partial charge in [-0.25, -0.2) is 9.37 Å². The molecule has 2 N–H and O–H groups in total. The van der Waals surface area contributed by atoms with Gasteiger partial charge in [-0.05, 0) is 58.3 Å². The molecule has 0 atom stereocenters. The van der Waals surface area contributed by atoms with E-state index in [0.717, 1.165) is 30.6 Å². The van der Waals surface area contributed by atoms with E-state index in [1.807, 2.05) is 11.6 Å². The number of nitrogens with two attached hydrogens (primary N) is 1. The number of hydrogen-bond donors (Lipinski definition) is 1. The molecular weight excluding hydrogens is 374 g/mol. The van der Waals surface area contributed by atoms with Crippen molar-refractivity contribution in [2.24, 2.45) is 0 Å². The Morgan fingerprint density at radius 1 is 1.26 bits per heavy atom. The molecule has 0 amide bonds. The van der Waals surface area contributed by atoms with E-state index in [0.29, 0.717) is 6.42 Å². The number of aromatic nitrogens is 1. The van der Waals surface area contributed by atoms with E-state index in [2.05, 4.69) is 27.6 Å². The molecule has 0 fully saturated rings. The van der Waals surface area contributed by atoms with E-state index in [1.165, 1.54) is 12.1 Å². The standard InChI is InChI=1S/C14H10FIN2S/c15-10-3-1-8(2-4-10)5-9-6-11(17)12(16)14-13(9)18-7-19-14/h1-4,6-7H,5,17H2. The van der Waals surface area contributed by atoms with Crippen LogP contribution >= 0.6 is 33.9 Å². The Bertz CT molecular complexity index is 737. The lowest BCUT2D eigenvalue weighted by atomic mass is 10.0. The monoisotopic (exact) mass is 384 g/mol. The van der Waals surface area contributed by atoms with E-state index in [1.54, 1.807) is 23.5 Å². The number of halogens is 2. The summed E-state index contributed by atoms with van der Waals surface area (Å²) in [5.74, 6) is -0.218. The highest BCUT2D eigenvalue weighted by molar-refractivity contribution is 14.1. The highest BCUT2D eigenvalue weighted by Gasteiger charge is 2.11. The number of benzene rings is 2. The van der Waals surface area contributed by atoms with Gasteiger partial charge < -0.3 is 5.73 Å². The predicted octanol–water partition coefficient (Wildman–Crippen LogP) is 4.21. The van der Waals surface area contributed by atoms with Crippen LogP contribution in [0.25, 0.3) is 10.2 Å². The Labute approximate surface area is 127 Å². The van der Waals surface area contributed by atoms with Gasteiger partial charge in [0.25, 0.3) is 0 Å². The number of rotatable bonds is 2. The van der Waals surface area contributed by atoms with Crippen LogP contribution in [0.4, 0.5) is 10.1 Å². The summed E-state index contributed by atoms with van der Waals surface area (Å²) >= 11 is 3.84. The fourth-order valence-electron chi connectivity index (χ4n) is 2.04. The van der Waals surface area contributed by atoms with E-state index < -0.39 is 0 Å². The van der Waals surface area contributed by atoms with Gasteiger partial charge in [0, 0.05) is 5.69 Å². The number of anilines is 1. The minimum atomic E-state index is -0.218. The van der Waals surface area contributed by atoms with E-state index in [-0.39, 0.29) is 5.82 Å². The molecule has 2 nitrogen and oxygen atoms in total. The molecule has 0 saturated heterocycles. The van der Waals surface area contributed by atoms with Crippen molar-refractivity contribution in [2.45, 2.75) is 6.42 Å². The lowest BCUT2D eigenvalue weighted by Gasteiger charge is -2.07. The number of nitrogens with zero attached hydrogens (tertiary/aromatic N) is 1. The third-order valence-electron chi connectivity index (χ3n) is 2.96. The lowest BCUT2D eigenvalue weighted by molar-refractivity contribution is 0.627. The van der Waals surface area contributed by atoms with Crippen molar-refractivity contribution in [1.29, 1.82) is 0 Å². The van der Waals surface area contributed by atoms with Crippen molar-refractivity contribution in [3.63, 3.8) is 0 Å². The summed E-state index contributed by atoms with van der Waals surface area (Å²) in [5.41, 5.74) is 11.8. The number of thiazole rings is 1. The highest BCUT2D eigenvalue weighted by atomic mass is 127. The summed E-state index contributed by atoms with van der Waals surface area (Å²) in [6.07, 6.45) is 0.710. The Balaban J connectivity index is 2.08. The molecule has 0 aliphatic carbocycles. The summed E-state index contributed by atoms with van der Waals surface area (Å²) in [5, 5.41) is 0. The molecule has 0 spiro atoms. The zero-order chi connectivity index (χ0) is 13.4. The van der Waals surface area contributed by atoms with Crippen LogP contribution in [0.3, 0.4) is 0 Å². The van der Waals surface area contributed by atoms with Gasteiger partial charge in [-0.1, -0.05) is 12.1 Å². The summed E-state index contributed by atoms with van der Waals surface area (Å²) in [6.45, 7) is 0. The minimum absolute atomic E-state index is 0.218. The Morgan fingerprint density at radius 2 is 2.00 bits per heavy atom. The van der Waals surface area contributed by atoms with Gasteiger partial charge in [0.15, 0.2) is 0 Å². The largest absolute Gasteiger partial charge is 0.398 e. The zero-order valence-corrected chi connectivity index (χ0v) is 12.8. The van der Waals surface area contributed by atoms with Crippen molar-refractivity contribution in [2.75, 3.05) is 5.73 Å². The Hall–Kier alpha value is -1.21. The fraction of sp³-hybridized carbons (Fsp3) is 0.0714. The van der Waals surface area contributed by atoms with E-state index in [9.17, 15) is 4.39 Å². The molecule has 96 valence electrons. The summed E-state index contributed by atoms with van der Waals surface area (Å²) in [4.78, 5) is 4.42. The second kappa shape index (κ2) is 5.05. The molecule has 5 heteroatoms. The maximum absolute atomic E-state index is 12.9. The first-order valence-electron chi connectivity index (χ1n) is 5.69. The molecule has 2 aromatic carbocycles. The van der Waals surface area contributed by atoms with Gasteiger partial charge in [0.05, 0.1) is 19.3 Å². The van der Waals surface area contributed by atoms with Crippen LogP contribution in [0.5, 0.6) is 0 Å². The van der Waals surface area contributed by atoms with Crippen LogP contribution in [-0.2, 0) is 6.42 Å². The molecule has 0 radical (unpaired) electrons. The summed E-state index contributed by atoms with van der Waals surface area (Å²) in [6, 6.07) is 8.50. The number of nitrogen functional groups attached to an aromatic ring is 1. The summed E-state index contributed by atoms with van der Waals surface area (Å²) < 4.78 is 15.1. The van der Waals surface area contributed by atoms with Crippen molar-refractivity contribution in [1.82, 2.24) is 4.98 Å². The topological polar surface area (TPSA) is 38.9 Å². The van der Waals surface area contributed by atoms with Crippen LogP contribution in [0.2, 0.25) is 0 Å². The van der Waals surface area contributed by atoms with Gasteiger partial charge >= 0.3 is 0 Å². The smallest absolute Gasteiger partial charge is 0.123 e. The number of fused-ring (bicyclic) bond motifs is 1. The SMILES string of the molecule is Nc1cc(Cc2ccc(F)cc2)c2ncsc2c1I. The maximum atomic E-state index is 12.9. The zero-order valence-electron chi connectivity index (χ0n) is 9.86. The molecule has 19 heavy (non-hydrogen) atoms. The van der Waals surface area contributed by atoms with Gasteiger partial charge in [0.1, 0.15) is 5.82 Å². The third-order valence-corrected chi connectivity index (χ3v) is 5.33. The van der Waals surface area contributed by atoms with Gasteiger partial charge in [-0.2, -0.15) is 0 Å². The van der Waals surface area contributed by atoms with Crippen LogP contribution in [0, 0.1) is 9.39 Å². The normalized spacial score (nSPS) is 11.1. The molecule has 0 unspecified atom stereocenters. The van der Waals surface area contributed by atoms with Crippen LogP contribution in [0.1, 0.15) is 11.1 Å².